The van der Waals surface area contributed by atoms with Gasteiger partial charge in [-0.05, 0) is 53.1 Å². The van der Waals surface area contributed by atoms with E-state index in [0.717, 1.165) is 18.1 Å². The van der Waals surface area contributed by atoms with Gasteiger partial charge in [-0.3, -0.25) is 0 Å². The number of benzene rings is 1. The van der Waals surface area contributed by atoms with Crippen LogP contribution in [0.1, 0.15) is 33.6 Å². The van der Waals surface area contributed by atoms with E-state index in [-0.39, 0.29) is 0 Å². The molecule has 4 heteroatoms. The lowest BCUT2D eigenvalue weighted by Crippen LogP contribution is -2.58. The molecule has 3 atom stereocenters. The van der Waals surface area contributed by atoms with E-state index in [1.807, 2.05) is 6.07 Å². The molecular weight excluding hydrogens is 383 g/mol. The van der Waals surface area contributed by atoms with E-state index in [9.17, 15) is 0 Å². The van der Waals surface area contributed by atoms with Crippen LogP contribution in [-0.2, 0) is 0 Å². The zero-order valence-corrected chi connectivity index (χ0v) is 15.4. The summed E-state index contributed by atoms with van der Waals surface area (Å²) in [6, 6.07) is 7.39. The number of nitrogens with zero attached hydrogens (tertiary/aromatic N) is 1. The molecule has 1 aliphatic rings. The molecule has 1 saturated heterocycles. The van der Waals surface area contributed by atoms with Gasteiger partial charge in [-0.1, -0.05) is 38.8 Å². The molecule has 0 aliphatic carbocycles. The Balaban J connectivity index is 2.24. The van der Waals surface area contributed by atoms with Crippen molar-refractivity contribution in [3.05, 3.63) is 26.8 Å². The van der Waals surface area contributed by atoms with Crippen molar-refractivity contribution in [1.29, 1.82) is 0 Å². The molecular formula is C16H24ClIN2. The third-order valence-corrected chi connectivity index (χ3v) is 5.57. The average molecular weight is 407 g/mol. The van der Waals surface area contributed by atoms with Crippen LogP contribution in [0.2, 0.25) is 5.02 Å². The quantitative estimate of drug-likeness (QED) is 0.738. The monoisotopic (exact) mass is 406 g/mol. The Morgan fingerprint density at radius 1 is 1.45 bits per heavy atom. The van der Waals surface area contributed by atoms with Gasteiger partial charge in [-0.15, -0.1) is 0 Å². The molecule has 1 aliphatic heterocycles. The van der Waals surface area contributed by atoms with Crippen molar-refractivity contribution >= 4 is 39.9 Å². The fourth-order valence-corrected chi connectivity index (χ4v) is 4.04. The van der Waals surface area contributed by atoms with E-state index in [2.05, 4.69) is 65.7 Å². The van der Waals surface area contributed by atoms with Gasteiger partial charge in [0.2, 0.25) is 0 Å². The van der Waals surface area contributed by atoms with Crippen LogP contribution in [0.5, 0.6) is 0 Å². The Kier molecular flexibility index (Phi) is 5.99. The van der Waals surface area contributed by atoms with Gasteiger partial charge in [0.05, 0.1) is 5.69 Å². The van der Waals surface area contributed by atoms with E-state index in [1.165, 1.54) is 22.1 Å². The van der Waals surface area contributed by atoms with Crippen LogP contribution in [0.4, 0.5) is 5.69 Å². The van der Waals surface area contributed by atoms with Crippen molar-refractivity contribution in [3.8, 4) is 0 Å². The molecule has 1 aromatic rings. The fraction of sp³-hybridized carbons (Fsp3) is 0.625. The third-order valence-electron chi connectivity index (χ3n) is 4.47. The number of rotatable bonds is 4. The summed E-state index contributed by atoms with van der Waals surface area (Å²) >= 11 is 8.49. The summed E-state index contributed by atoms with van der Waals surface area (Å²) in [6.45, 7) is 9.05. The minimum Gasteiger partial charge on any atom is -0.365 e. The SMILES string of the molecule is CCC(C)C1CN(c2ccc(Cl)cc2I)C(CC)CN1. The molecule has 2 rings (SSSR count). The van der Waals surface area contributed by atoms with Crippen LogP contribution in [0, 0.1) is 9.49 Å². The standard InChI is InChI=1S/C16H24ClIN2/c1-4-11(3)15-10-20(13(5-2)9-19-15)16-7-6-12(17)8-14(16)18/h6-8,11,13,15,19H,4-5,9-10H2,1-3H3. The molecule has 0 saturated carbocycles. The number of hydrogen-bond acceptors (Lipinski definition) is 2. The van der Waals surface area contributed by atoms with Crippen molar-refractivity contribution in [1.82, 2.24) is 5.32 Å². The largest absolute Gasteiger partial charge is 0.365 e. The molecule has 0 spiro atoms. The molecule has 2 nitrogen and oxygen atoms in total. The second-order valence-electron chi connectivity index (χ2n) is 5.71. The van der Waals surface area contributed by atoms with Crippen LogP contribution in [0.25, 0.3) is 0 Å². The van der Waals surface area contributed by atoms with Crippen LogP contribution in [0.3, 0.4) is 0 Å². The lowest BCUT2D eigenvalue weighted by Gasteiger charge is -2.44. The first kappa shape index (κ1) is 16.4. The molecule has 1 N–H and O–H groups in total. The number of piperazine rings is 1. The molecule has 0 radical (unpaired) electrons. The lowest BCUT2D eigenvalue weighted by molar-refractivity contribution is 0.306. The number of hydrogen-bond donors (Lipinski definition) is 1. The molecule has 3 unspecified atom stereocenters. The van der Waals surface area contributed by atoms with Crippen molar-refractivity contribution in [2.24, 2.45) is 5.92 Å². The van der Waals surface area contributed by atoms with Crippen LogP contribution in [-0.4, -0.2) is 25.2 Å². The van der Waals surface area contributed by atoms with E-state index in [4.69, 9.17) is 11.6 Å². The Morgan fingerprint density at radius 3 is 2.80 bits per heavy atom. The molecule has 1 heterocycles. The summed E-state index contributed by atoms with van der Waals surface area (Å²) in [5.74, 6) is 0.709. The van der Waals surface area contributed by atoms with Crippen molar-refractivity contribution in [2.45, 2.75) is 45.7 Å². The highest BCUT2D eigenvalue weighted by Crippen LogP contribution is 2.30. The maximum Gasteiger partial charge on any atom is 0.0506 e. The molecule has 1 fully saturated rings. The summed E-state index contributed by atoms with van der Waals surface area (Å²) in [6.07, 6.45) is 2.39. The molecule has 1 aromatic carbocycles. The highest BCUT2D eigenvalue weighted by atomic mass is 127. The van der Waals surface area contributed by atoms with E-state index >= 15 is 0 Å². The third kappa shape index (κ3) is 3.60. The second-order valence-corrected chi connectivity index (χ2v) is 7.31. The first-order valence-electron chi connectivity index (χ1n) is 7.51. The second kappa shape index (κ2) is 7.32. The number of nitrogens with one attached hydrogen (secondary N) is 1. The van der Waals surface area contributed by atoms with Crippen LogP contribution < -0.4 is 10.2 Å². The first-order chi connectivity index (χ1) is 9.56. The first-order valence-corrected chi connectivity index (χ1v) is 8.97. The molecule has 0 aromatic heterocycles. The van der Waals surface area contributed by atoms with Gasteiger partial charge in [-0.2, -0.15) is 0 Å². The predicted molar refractivity (Wildman–Crippen MR) is 96.8 cm³/mol. The highest BCUT2D eigenvalue weighted by molar-refractivity contribution is 14.1. The van der Waals surface area contributed by atoms with Gasteiger partial charge in [0.25, 0.3) is 0 Å². The van der Waals surface area contributed by atoms with E-state index in [0.29, 0.717) is 18.0 Å². The summed E-state index contributed by atoms with van der Waals surface area (Å²) in [5, 5.41) is 4.55. The molecule has 0 bridgehead atoms. The molecule has 0 amide bonds. The van der Waals surface area contributed by atoms with Gasteiger partial charge in [0, 0.05) is 33.8 Å². The zero-order valence-electron chi connectivity index (χ0n) is 12.5. The Bertz CT molecular complexity index is 452. The minimum absolute atomic E-state index is 0.574. The van der Waals surface area contributed by atoms with E-state index in [1.54, 1.807) is 0 Å². The lowest BCUT2D eigenvalue weighted by atomic mass is 9.94. The fourth-order valence-electron chi connectivity index (χ4n) is 2.86. The minimum atomic E-state index is 0.574. The van der Waals surface area contributed by atoms with Crippen molar-refractivity contribution < 1.29 is 0 Å². The van der Waals surface area contributed by atoms with E-state index < -0.39 is 0 Å². The van der Waals surface area contributed by atoms with Gasteiger partial charge < -0.3 is 10.2 Å². The number of anilines is 1. The predicted octanol–water partition coefficient (Wildman–Crippen LogP) is 4.55. The maximum atomic E-state index is 6.09. The van der Waals surface area contributed by atoms with Gasteiger partial charge >= 0.3 is 0 Å². The van der Waals surface area contributed by atoms with Gasteiger partial charge in [0.1, 0.15) is 0 Å². The summed E-state index contributed by atoms with van der Waals surface area (Å²) in [7, 11) is 0. The topological polar surface area (TPSA) is 15.3 Å². The van der Waals surface area contributed by atoms with Gasteiger partial charge in [-0.25, -0.2) is 0 Å². The summed E-state index contributed by atoms with van der Waals surface area (Å²) < 4.78 is 1.25. The van der Waals surface area contributed by atoms with Crippen molar-refractivity contribution in [2.75, 3.05) is 18.0 Å². The highest BCUT2D eigenvalue weighted by Gasteiger charge is 2.30. The zero-order chi connectivity index (χ0) is 14.7. The molecule has 112 valence electrons. The average Bonchev–Trinajstić information content (AvgIpc) is 2.46. The Hall–Kier alpha value is -0.0000000000000000763. The summed E-state index contributed by atoms with van der Waals surface area (Å²) in [5.41, 5.74) is 1.33. The van der Waals surface area contributed by atoms with Gasteiger partial charge in [0.15, 0.2) is 0 Å². The normalized spacial score (nSPS) is 24.8. The summed E-state index contributed by atoms with van der Waals surface area (Å²) in [4.78, 5) is 2.57. The van der Waals surface area contributed by atoms with Crippen molar-refractivity contribution in [3.63, 3.8) is 0 Å². The molecule has 20 heavy (non-hydrogen) atoms. The Morgan fingerprint density at radius 2 is 2.20 bits per heavy atom. The maximum absolute atomic E-state index is 6.09. The Labute approximate surface area is 141 Å². The van der Waals surface area contributed by atoms with Crippen LogP contribution in [0.15, 0.2) is 18.2 Å². The smallest absolute Gasteiger partial charge is 0.0506 e. The van der Waals surface area contributed by atoms with Crippen LogP contribution >= 0.6 is 34.2 Å². The number of halogens is 2.